The van der Waals surface area contributed by atoms with E-state index < -0.39 is 0 Å². The number of carbonyl (C=O) groups excluding carboxylic acids is 2. The lowest BCUT2D eigenvalue weighted by molar-refractivity contribution is -0.135. The van der Waals surface area contributed by atoms with Gasteiger partial charge in [0.2, 0.25) is 5.91 Å². The van der Waals surface area contributed by atoms with Gasteiger partial charge >= 0.3 is 0 Å². The maximum Gasteiger partial charge on any atom is 0.270 e. The number of hydrogen-bond acceptors (Lipinski definition) is 3. The molecule has 1 atom stereocenters. The van der Waals surface area contributed by atoms with Crippen LogP contribution in [0, 0.1) is 0 Å². The summed E-state index contributed by atoms with van der Waals surface area (Å²) >= 11 is 0. The number of H-pyrrole nitrogens is 1. The predicted molar refractivity (Wildman–Crippen MR) is 94.3 cm³/mol. The molecule has 0 aromatic carbocycles. The van der Waals surface area contributed by atoms with Gasteiger partial charge in [-0.05, 0) is 19.1 Å². The van der Waals surface area contributed by atoms with Crippen molar-refractivity contribution in [3.63, 3.8) is 0 Å². The molecule has 134 valence electrons. The van der Waals surface area contributed by atoms with E-state index in [1.807, 2.05) is 28.7 Å². The highest BCUT2D eigenvalue weighted by atomic mass is 16.2. The van der Waals surface area contributed by atoms with Crippen LogP contribution in [0.25, 0.3) is 0 Å². The molecule has 1 fully saturated rings. The minimum Gasteiger partial charge on any atom is -0.357 e. The smallest absolute Gasteiger partial charge is 0.270 e. The first kappa shape index (κ1) is 17.3. The van der Waals surface area contributed by atoms with Gasteiger partial charge in [0.25, 0.3) is 5.91 Å². The third-order valence-corrected chi connectivity index (χ3v) is 4.70. The van der Waals surface area contributed by atoms with Gasteiger partial charge in [-0.15, -0.1) is 0 Å². The molecule has 0 radical (unpaired) electrons. The van der Waals surface area contributed by atoms with Crippen molar-refractivity contribution in [1.29, 1.82) is 0 Å². The molecule has 2 amide bonds. The number of piperazine rings is 1. The van der Waals surface area contributed by atoms with Crippen molar-refractivity contribution in [3.8, 4) is 0 Å². The van der Waals surface area contributed by atoms with Crippen LogP contribution in [0.15, 0.2) is 30.7 Å². The Morgan fingerprint density at radius 3 is 2.40 bits per heavy atom. The van der Waals surface area contributed by atoms with E-state index >= 15 is 0 Å². The molecular formula is C18H25N5O2. The summed E-state index contributed by atoms with van der Waals surface area (Å²) in [7, 11) is 0. The molecule has 1 saturated heterocycles. The molecule has 2 aromatic heterocycles. The average molecular weight is 343 g/mol. The van der Waals surface area contributed by atoms with Crippen LogP contribution in [0.5, 0.6) is 0 Å². The zero-order valence-electron chi connectivity index (χ0n) is 15.0. The Morgan fingerprint density at radius 2 is 1.80 bits per heavy atom. The van der Waals surface area contributed by atoms with Crippen LogP contribution in [-0.4, -0.2) is 62.3 Å². The minimum atomic E-state index is -0.287. The van der Waals surface area contributed by atoms with Crippen LogP contribution in [0.4, 0.5) is 0 Å². The average Bonchev–Trinajstić information content (AvgIpc) is 3.31. The van der Waals surface area contributed by atoms with Gasteiger partial charge in [0, 0.05) is 50.7 Å². The fraction of sp³-hybridized carbons (Fsp3) is 0.500. The second kappa shape index (κ2) is 7.13. The van der Waals surface area contributed by atoms with E-state index in [2.05, 4.69) is 23.8 Å². The zero-order valence-corrected chi connectivity index (χ0v) is 15.0. The van der Waals surface area contributed by atoms with E-state index in [1.165, 1.54) is 0 Å². The SMILES string of the molecule is CC(C)c1nccn1C(C)C(=O)N1CCN(C(=O)c2ccc[nH]2)CC1. The fourth-order valence-electron chi connectivity index (χ4n) is 3.25. The Balaban J connectivity index is 1.61. The highest BCUT2D eigenvalue weighted by Crippen LogP contribution is 2.20. The summed E-state index contributed by atoms with van der Waals surface area (Å²) in [5, 5.41) is 0. The van der Waals surface area contributed by atoms with Crippen LogP contribution >= 0.6 is 0 Å². The summed E-state index contributed by atoms with van der Waals surface area (Å²) in [5.74, 6) is 1.25. The van der Waals surface area contributed by atoms with E-state index in [-0.39, 0.29) is 23.8 Å². The molecule has 0 spiro atoms. The molecule has 7 heteroatoms. The Kier molecular flexibility index (Phi) is 4.92. The number of imidazole rings is 1. The summed E-state index contributed by atoms with van der Waals surface area (Å²) in [4.78, 5) is 36.1. The molecular weight excluding hydrogens is 318 g/mol. The van der Waals surface area contributed by atoms with E-state index in [9.17, 15) is 9.59 Å². The molecule has 1 aliphatic rings. The lowest BCUT2D eigenvalue weighted by Crippen LogP contribution is -2.52. The highest BCUT2D eigenvalue weighted by molar-refractivity contribution is 5.92. The number of nitrogens with one attached hydrogen (secondary N) is 1. The number of nitrogens with zero attached hydrogens (tertiary/aromatic N) is 4. The predicted octanol–water partition coefficient (Wildman–Crippen LogP) is 1.88. The number of amides is 2. The molecule has 3 rings (SSSR count). The monoisotopic (exact) mass is 343 g/mol. The Bertz CT molecular complexity index is 726. The van der Waals surface area contributed by atoms with E-state index in [4.69, 9.17) is 0 Å². The summed E-state index contributed by atoms with van der Waals surface area (Å²) < 4.78 is 1.95. The summed E-state index contributed by atoms with van der Waals surface area (Å²) in [5.41, 5.74) is 0.591. The fourth-order valence-corrected chi connectivity index (χ4v) is 3.25. The van der Waals surface area contributed by atoms with Crippen molar-refractivity contribution >= 4 is 11.8 Å². The first-order valence-corrected chi connectivity index (χ1v) is 8.73. The molecule has 2 aromatic rings. The third-order valence-electron chi connectivity index (χ3n) is 4.70. The number of aromatic nitrogens is 3. The maximum atomic E-state index is 12.8. The van der Waals surface area contributed by atoms with Gasteiger partial charge < -0.3 is 19.4 Å². The van der Waals surface area contributed by atoms with Crippen molar-refractivity contribution in [2.24, 2.45) is 0 Å². The van der Waals surface area contributed by atoms with Crippen molar-refractivity contribution < 1.29 is 9.59 Å². The molecule has 1 unspecified atom stereocenters. The first-order chi connectivity index (χ1) is 12.0. The highest BCUT2D eigenvalue weighted by Gasteiger charge is 2.29. The molecule has 1 aliphatic heterocycles. The lowest BCUT2D eigenvalue weighted by Gasteiger charge is -2.36. The minimum absolute atomic E-state index is 0.0122. The second-order valence-electron chi connectivity index (χ2n) is 6.72. The number of rotatable bonds is 4. The summed E-state index contributed by atoms with van der Waals surface area (Å²) in [6.07, 6.45) is 5.35. The third kappa shape index (κ3) is 3.45. The van der Waals surface area contributed by atoms with E-state index in [0.717, 1.165) is 5.82 Å². The molecule has 0 aliphatic carbocycles. The molecule has 1 N–H and O–H groups in total. The lowest BCUT2D eigenvalue weighted by atomic mass is 10.1. The molecule has 25 heavy (non-hydrogen) atoms. The van der Waals surface area contributed by atoms with Crippen molar-refractivity contribution in [2.45, 2.75) is 32.7 Å². The number of carbonyl (C=O) groups is 2. The summed E-state index contributed by atoms with van der Waals surface area (Å²) in [6.45, 7) is 8.27. The standard InChI is InChI=1S/C18H25N5O2/c1-13(2)16-20-7-8-23(16)14(3)17(24)21-9-11-22(12-10-21)18(25)15-5-4-6-19-15/h4-8,13-14,19H,9-12H2,1-3H3. The van der Waals surface area contributed by atoms with E-state index in [0.29, 0.717) is 31.9 Å². The van der Waals surface area contributed by atoms with Gasteiger partial charge in [0.1, 0.15) is 17.6 Å². The van der Waals surface area contributed by atoms with Crippen LogP contribution < -0.4 is 0 Å². The topological polar surface area (TPSA) is 74.2 Å². The van der Waals surface area contributed by atoms with Crippen LogP contribution in [0.3, 0.4) is 0 Å². The molecule has 3 heterocycles. The quantitative estimate of drug-likeness (QED) is 0.921. The second-order valence-corrected chi connectivity index (χ2v) is 6.72. The van der Waals surface area contributed by atoms with Crippen LogP contribution in [0.1, 0.15) is 49.0 Å². The van der Waals surface area contributed by atoms with Gasteiger partial charge in [-0.2, -0.15) is 0 Å². The zero-order chi connectivity index (χ0) is 18.0. The molecule has 7 nitrogen and oxygen atoms in total. The molecule has 0 bridgehead atoms. The Hall–Kier alpha value is -2.57. The van der Waals surface area contributed by atoms with Crippen LogP contribution in [-0.2, 0) is 4.79 Å². The molecule has 0 saturated carbocycles. The first-order valence-electron chi connectivity index (χ1n) is 8.73. The van der Waals surface area contributed by atoms with Crippen LogP contribution in [0.2, 0.25) is 0 Å². The Morgan fingerprint density at radius 1 is 1.12 bits per heavy atom. The normalized spacial score (nSPS) is 16.3. The summed E-state index contributed by atoms with van der Waals surface area (Å²) in [6, 6.07) is 3.30. The van der Waals surface area contributed by atoms with Crippen molar-refractivity contribution in [1.82, 2.24) is 24.3 Å². The Labute approximate surface area is 147 Å². The van der Waals surface area contributed by atoms with Gasteiger partial charge in [-0.25, -0.2) is 4.98 Å². The van der Waals surface area contributed by atoms with Gasteiger partial charge in [0.15, 0.2) is 0 Å². The van der Waals surface area contributed by atoms with E-state index in [1.54, 1.807) is 23.4 Å². The number of aromatic amines is 1. The van der Waals surface area contributed by atoms with Gasteiger partial charge in [0.05, 0.1) is 0 Å². The van der Waals surface area contributed by atoms with Crippen molar-refractivity contribution in [2.75, 3.05) is 26.2 Å². The largest absolute Gasteiger partial charge is 0.357 e. The van der Waals surface area contributed by atoms with Crippen molar-refractivity contribution in [3.05, 3.63) is 42.2 Å². The maximum absolute atomic E-state index is 12.8. The number of hydrogen-bond donors (Lipinski definition) is 1. The van der Waals surface area contributed by atoms with Gasteiger partial charge in [-0.3, -0.25) is 9.59 Å². The van der Waals surface area contributed by atoms with Gasteiger partial charge in [-0.1, -0.05) is 13.8 Å².